The van der Waals surface area contributed by atoms with Gasteiger partial charge in [-0.2, -0.15) is 0 Å². The van der Waals surface area contributed by atoms with Crippen LogP contribution in [0.25, 0.3) is 0 Å². The maximum atomic E-state index is 13.2. The van der Waals surface area contributed by atoms with Gasteiger partial charge in [-0.05, 0) is 24.3 Å². The lowest BCUT2D eigenvalue weighted by atomic mass is 10.1. The van der Waals surface area contributed by atoms with Crippen LogP contribution in [-0.2, 0) is 6.54 Å². The van der Waals surface area contributed by atoms with E-state index in [2.05, 4.69) is 17.2 Å². The first-order valence-corrected chi connectivity index (χ1v) is 5.89. The molecule has 0 radical (unpaired) electrons. The third-order valence-electron chi connectivity index (χ3n) is 2.56. The molecule has 0 bridgehead atoms. The highest BCUT2D eigenvalue weighted by Crippen LogP contribution is 2.11. The summed E-state index contributed by atoms with van der Waals surface area (Å²) in [6.07, 6.45) is 3.04. The van der Waals surface area contributed by atoms with Crippen molar-refractivity contribution in [3.63, 3.8) is 0 Å². The average Bonchev–Trinajstić information content (AvgIpc) is 2.96. The Kier molecular flexibility index (Phi) is 4.53. The smallest absolute Gasteiger partial charge is 0.252 e. The Balaban J connectivity index is 2.16. The number of hydrogen-bond donors (Lipinski definition) is 2. The van der Waals surface area contributed by atoms with Crippen LogP contribution in [0.1, 0.15) is 21.5 Å². The molecule has 2 N–H and O–H groups in total. The fourth-order valence-electron chi connectivity index (χ4n) is 1.62. The molecule has 0 unspecified atom stereocenters. The molecule has 1 aromatic heterocycles. The molecule has 0 saturated heterocycles. The van der Waals surface area contributed by atoms with Crippen molar-refractivity contribution >= 4 is 5.91 Å². The van der Waals surface area contributed by atoms with E-state index < -0.39 is 5.82 Å². The maximum absolute atomic E-state index is 13.2. The predicted molar refractivity (Wildman–Crippen MR) is 70.2 cm³/mol. The van der Waals surface area contributed by atoms with Gasteiger partial charge in [-0.25, -0.2) is 4.39 Å². The first-order valence-electron chi connectivity index (χ1n) is 5.89. The second-order valence-corrected chi connectivity index (χ2v) is 3.96. The van der Waals surface area contributed by atoms with Crippen LogP contribution < -0.4 is 5.32 Å². The number of hydrogen-bond acceptors (Lipinski definition) is 3. The van der Waals surface area contributed by atoms with Crippen LogP contribution >= 0.6 is 0 Å². The van der Waals surface area contributed by atoms with E-state index in [1.807, 2.05) is 0 Å². The van der Waals surface area contributed by atoms with Gasteiger partial charge in [0.25, 0.3) is 5.91 Å². The van der Waals surface area contributed by atoms with Crippen LogP contribution in [0, 0.1) is 17.7 Å². The SMILES string of the molecule is O=C(NCc1ccoc1)c1ccc(F)cc1C#CCO. The summed E-state index contributed by atoms with van der Waals surface area (Å²) >= 11 is 0. The van der Waals surface area contributed by atoms with Crippen LogP contribution in [0.15, 0.2) is 41.2 Å². The molecule has 1 amide bonds. The lowest BCUT2D eigenvalue weighted by Crippen LogP contribution is -2.23. The Hall–Kier alpha value is -2.58. The average molecular weight is 273 g/mol. The van der Waals surface area contributed by atoms with Crippen molar-refractivity contribution in [1.82, 2.24) is 5.32 Å². The zero-order valence-corrected chi connectivity index (χ0v) is 10.5. The highest BCUT2D eigenvalue weighted by atomic mass is 19.1. The molecule has 0 spiro atoms. The summed E-state index contributed by atoms with van der Waals surface area (Å²) in [5, 5.41) is 11.4. The molecule has 5 heteroatoms. The lowest BCUT2D eigenvalue weighted by Gasteiger charge is -2.06. The summed E-state index contributed by atoms with van der Waals surface area (Å²) in [6.45, 7) is -0.0494. The van der Waals surface area contributed by atoms with Gasteiger partial charge >= 0.3 is 0 Å². The van der Waals surface area contributed by atoms with Crippen LogP contribution in [-0.4, -0.2) is 17.6 Å². The molecule has 0 atom stereocenters. The van der Waals surface area contributed by atoms with E-state index in [1.165, 1.54) is 24.7 Å². The molecule has 2 aromatic rings. The number of benzene rings is 1. The molecule has 0 saturated carbocycles. The highest BCUT2D eigenvalue weighted by Gasteiger charge is 2.11. The van der Waals surface area contributed by atoms with Crippen molar-refractivity contribution < 1.29 is 18.7 Å². The van der Waals surface area contributed by atoms with E-state index in [4.69, 9.17) is 9.52 Å². The zero-order chi connectivity index (χ0) is 14.4. The molecule has 4 nitrogen and oxygen atoms in total. The van der Waals surface area contributed by atoms with E-state index in [0.717, 1.165) is 11.6 Å². The quantitative estimate of drug-likeness (QED) is 0.837. The summed E-state index contributed by atoms with van der Waals surface area (Å²) in [5.74, 6) is 4.10. The van der Waals surface area contributed by atoms with Crippen LogP contribution in [0.3, 0.4) is 0 Å². The topological polar surface area (TPSA) is 62.5 Å². The molecular weight excluding hydrogens is 261 g/mol. The molecule has 0 aliphatic rings. The van der Waals surface area contributed by atoms with E-state index in [0.29, 0.717) is 6.54 Å². The fraction of sp³-hybridized carbons (Fsp3) is 0.133. The number of aliphatic hydroxyl groups excluding tert-OH is 1. The van der Waals surface area contributed by atoms with E-state index >= 15 is 0 Å². The largest absolute Gasteiger partial charge is 0.472 e. The summed E-state index contributed by atoms with van der Waals surface area (Å²) in [4.78, 5) is 12.0. The van der Waals surface area contributed by atoms with Crippen LogP contribution in [0.2, 0.25) is 0 Å². The Morgan fingerprint density at radius 1 is 1.40 bits per heavy atom. The number of nitrogens with one attached hydrogen (secondary N) is 1. The van der Waals surface area contributed by atoms with Gasteiger partial charge in [0.2, 0.25) is 0 Å². The lowest BCUT2D eigenvalue weighted by molar-refractivity contribution is 0.0950. The minimum atomic E-state index is -0.487. The summed E-state index contributed by atoms with van der Waals surface area (Å²) in [6, 6.07) is 5.45. The summed E-state index contributed by atoms with van der Waals surface area (Å²) in [7, 11) is 0. The van der Waals surface area contributed by atoms with Gasteiger partial charge in [0.1, 0.15) is 12.4 Å². The number of furan rings is 1. The second-order valence-electron chi connectivity index (χ2n) is 3.96. The van der Waals surface area contributed by atoms with Crippen molar-refractivity contribution in [2.45, 2.75) is 6.54 Å². The number of carbonyl (C=O) groups is 1. The molecule has 1 aromatic carbocycles. The van der Waals surface area contributed by atoms with E-state index in [9.17, 15) is 9.18 Å². The van der Waals surface area contributed by atoms with Gasteiger partial charge in [-0.15, -0.1) is 0 Å². The normalized spacial score (nSPS) is 9.70. The van der Waals surface area contributed by atoms with Gasteiger partial charge in [0, 0.05) is 17.7 Å². The molecule has 102 valence electrons. The summed E-state index contributed by atoms with van der Waals surface area (Å²) < 4.78 is 18.1. The van der Waals surface area contributed by atoms with Gasteiger partial charge in [0.15, 0.2) is 0 Å². The molecule has 0 fully saturated rings. The highest BCUT2D eigenvalue weighted by molar-refractivity contribution is 5.96. The summed E-state index contributed by atoms with van der Waals surface area (Å²) in [5.41, 5.74) is 1.32. The van der Waals surface area contributed by atoms with Gasteiger partial charge in [-0.1, -0.05) is 11.8 Å². The minimum Gasteiger partial charge on any atom is -0.472 e. The number of carbonyl (C=O) groups excluding carboxylic acids is 1. The third-order valence-corrected chi connectivity index (χ3v) is 2.56. The number of aliphatic hydroxyl groups is 1. The van der Waals surface area contributed by atoms with Crippen molar-refractivity contribution in [2.75, 3.05) is 6.61 Å². The van der Waals surface area contributed by atoms with Crippen LogP contribution in [0.4, 0.5) is 4.39 Å². The molecular formula is C15H12FNO3. The monoisotopic (exact) mass is 273 g/mol. The minimum absolute atomic E-state index is 0.240. The maximum Gasteiger partial charge on any atom is 0.252 e. The molecule has 0 aliphatic carbocycles. The Labute approximate surface area is 115 Å². The predicted octanol–water partition coefficient (Wildman–Crippen LogP) is 1.69. The van der Waals surface area contributed by atoms with E-state index in [-0.39, 0.29) is 23.6 Å². The molecule has 2 rings (SSSR count). The Bertz CT molecular complexity index is 653. The van der Waals surface area contributed by atoms with Crippen molar-refractivity contribution in [1.29, 1.82) is 0 Å². The second kappa shape index (κ2) is 6.55. The Morgan fingerprint density at radius 3 is 2.95 bits per heavy atom. The molecule has 0 aliphatic heterocycles. The van der Waals surface area contributed by atoms with Gasteiger partial charge < -0.3 is 14.8 Å². The molecule has 1 heterocycles. The third kappa shape index (κ3) is 3.46. The van der Waals surface area contributed by atoms with Crippen molar-refractivity contribution in [3.8, 4) is 11.8 Å². The molecule has 20 heavy (non-hydrogen) atoms. The zero-order valence-electron chi connectivity index (χ0n) is 10.5. The van der Waals surface area contributed by atoms with Gasteiger partial charge in [-0.3, -0.25) is 4.79 Å². The van der Waals surface area contributed by atoms with E-state index in [1.54, 1.807) is 6.07 Å². The van der Waals surface area contributed by atoms with Crippen molar-refractivity contribution in [3.05, 3.63) is 59.3 Å². The van der Waals surface area contributed by atoms with Crippen LogP contribution in [0.5, 0.6) is 0 Å². The number of halogens is 1. The number of rotatable bonds is 3. The van der Waals surface area contributed by atoms with Crippen molar-refractivity contribution in [2.24, 2.45) is 0 Å². The number of amides is 1. The first kappa shape index (κ1) is 13.8. The Morgan fingerprint density at radius 2 is 2.25 bits per heavy atom. The standard InChI is InChI=1S/C15H12FNO3/c16-13-3-4-14(12(8-13)2-1-6-18)15(19)17-9-11-5-7-20-10-11/h3-5,7-8,10,18H,6,9H2,(H,17,19). The van der Waals surface area contributed by atoms with Gasteiger partial charge in [0.05, 0.1) is 18.1 Å². The first-order chi connectivity index (χ1) is 9.70. The fourth-order valence-corrected chi connectivity index (χ4v) is 1.62.